The first-order valence-corrected chi connectivity index (χ1v) is 9.27. The number of ether oxygens (including phenoxy) is 3. The molecular weight excluding hydrogens is 376 g/mol. The van der Waals surface area contributed by atoms with Gasteiger partial charge in [0, 0.05) is 6.07 Å². The second-order valence-corrected chi connectivity index (χ2v) is 6.95. The molecule has 0 aromatic heterocycles. The maximum atomic E-state index is 12.2. The molecule has 0 aliphatic heterocycles. The number of nitro benzene ring substituents is 1. The predicted molar refractivity (Wildman–Crippen MR) is 108 cm³/mol. The van der Waals surface area contributed by atoms with Gasteiger partial charge in [-0.2, -0.15) is 0 Å². The van der Waals surface area contributed by atoms with E-state index in [2.05, 4.69) is 19.2 Å². The number of non-ortho nitro benzene ring substituents is 1. The van der Waals surface area contributed by atoms with Gasteiger partial charge in [0.1, 0.15) is 5.75 Å². The molecular formula is C21H26N2O6. The monoisotopic (exact) mass is 402 g/mol. The fraction of sp³-hybridized carbons (Fsp3) is 0.381. The first kappa shape index (κ1) is 22.0. The molecule has 0 saturated heterocycles. The molecule has 1 N–H and O–H groups in total. The van der Waals surface area contributed by atoms with Gasteiger partial charge in [0.05, 0.1) is 30.7 Å². The van der Waals surface area contributed by atoms with Gasteiger partial charge in [0.25, 0.3) is 11.6 Å². The van der Waals surface area contributed by atoms with Crippen LogP contribution in [0.5, 0.6) is 17.2 Å². The summed E-state index contributed by atoms with van der Waals surface area (Å²) in [5.41, 5.74) is 0.755. The van der Waals surface area contributed by atoms with E-state index in [9.17, 15) is 14.9 Å². The Morgan fingerprint density at radius 2 is 1.86 bits per heavy atom. The minimum atomic E-state index is -0.517. The molecule has 1 unspecified atom stereocenters. The van der Waals surface area contributed by atoms with Crippen molar-refractivity contribution in [2.45, 2.75) is 26.8 Å². The molecule has 0 bridgehead atoms. The van der Waals surface area contributed by atoms with Gasteiger partial charge < -0.3 is 19.5 Å². The van der Waals surface area contributed by atoms with E-state index < -0.39 is 4.92 Å². The maximum absolute atomic E-state index is 12.2. The van der Waals surface area contributed by atoms with Crippen molar-refractivity contribution in [1.29, 1.82) is 0 Å². The molecule has 0 fully saturated rings. The lowest BCUT2D eigenvalue weighted by atomic mass is 10.1. The number of rotatable bonds is 10. The average Bonchev–Trinajstić information content (AvgIpc) is 2.70. The molecule has 0 aliphatic carbocycles. The van der Waals surface area contributed by atoms with Crippen molar-refractivity contribution < 1.29 is 23.9 Å². The van der Waals surface area contributed by atoms with E-state index in [0.717, 1.165) is 5.56 Å². The summed E-state index contributed by atoms with van der Waals surface area (Å²) in [4.78, 5) is 22.5. The SMILES string of the molecule is COc1cc(C(C)NC(=O)COc2cccc([N+](=O)[O-])c2)ccc1OCC(C)C. The van der Waals surface area contributed by atoms with E-state index in [-0.39, 0.29) is 30.0 Å². The Hall–Kier alpha value is -3.29. The molecule has 0 radical (unpaired) electrons. The van der Waals surface area contributed by atoms with Crippen LogP contribution in [0.2, 0.25) is 0 Å². The molecule has 0 spiro atoms. The minimum Gasteiger partial charge on any atom is -0.493 e. The number of hydrogen-bond donors (Lipinski definition) is 1. The van der Waals surface area contributed by atoms with E-state index in [0.29, 0.717) is 24.0 Å². The van der Waals surface area contributed by atoms with Gasteiger partial charge in [-0.3, -0.25) is 14.9 Å². The van der Waals surface area contributed by atoms with Gasteiger partial charge in [-0.15, -0.1) is 0 Å². The Morgan fingerprint density at radius 3 is 2.52 bits per heavy atom. The number of hydrogen-bond acceptors (Lipinski definition) is 6. The van der Waals surface area contributed by atoms with Crippen LogP contribution >= 0.6 is 0 Å². The summed E-state index contributed by atoms with van der Waals surface area (Å²) in [6.45, 7) is 6.30. The number of benzene rings is 2. The fourth-order valence-corrected chi connectivity index (χ4v) is 2.53. The molecule has 8 heteroatoms. The van der Waals surface area contributed by atoms with Crippen LogP contribution in [0.15, 0.2) is 42.5 Å². The lowest BCUT2D eigenvalue weighted by molar-refractivity contribution is -0.384. The van der Waals surface area contributed by atoms with Gasteiger partial charge >= 0.3 is 0 Å². The summed E-state index contributed by atoms with van der Waals surface area (Å²) in [5.74, 6) is 1.55. The van der Waals surface area contributed by atoms with Crippen molar-refractivity contribution in [2.75, 3.05) is 20.3 Å². The third-order valence-corrected chi connectivity index (χ3v) is 4.04. The zero-order valence-corrected chi connectivity index (χ0v) is 17.0. The number of methoxy groups -OCH3 is 1. The third kappa shape index (κ3) is 6.67. The van der Waals surface area contributed by atoms with Crippen LogP contribution in [0.1, 0.15) is 32.4 Å². The number of carbonyl (C=O) groups excluding carboxylic acids is 1. The Bertz CT molecular complexity index is 853. The van der Waals surface area contributed by atoms with E-state index in [1.165, 1.54) is 18.2 Å². The number of nitrogens with one attached hydrogen (secondary N) is 1. The highest BCUT2D eigenvalue weighted by Crippen LogP contribution is 2.30. The molecule has 156 valence electrons. The zero-order chi connectivity index (χ0) is 21.4. The number of nitrogens with zero attached hydrogens (tertiary/aromatic N) is 1. The molecule has 2 aromatic rings. The van der Waals surface area contributed by atoms with Crippen molar-refractivity contribution in [1.82, 2.24) is 5.32 Å². The Labute approximate surface area is 169 Å². The smallest absolute Gasteiger partial charge is 0.273 e. The molecule has 0 heterocycles. The highest BCUT2D eigenvalue weighted by molar-refractivity contribution is 5.78. The zero-order valence-electron chi connectivity index (χ0n) is 17.0. The predicted octanol–water partition coefficient (Wildman–Crippen LogP) is 3.89. The van der Waals surface area contributed by atoms with Gasteiger partial charge in [0.2, 0.25) is 0 Å². The average molecular weight is 402 g/mol. The van der Waals surface area contributed by atoms with Crippen molar-refractivity contribution in [3.8, 4) is 17.2 Å². The first-order chi connectivity index (χ1) is 13.8. The first-order valence-electron chi connectivity index (χ1n) is 9.27. The van der Waals surface area contributed by atoms with Crippen LogP contribution in [0.25, 0.3) is 0 Å². The second-order valence-electron chi connectivity index (χ2n) is 6.95. The van der Waals surface area contributed by atoms with Crippen LogP contribution in [-0.4, -0.2) is 31.2 Å². The van der Waals surface area contributed by atoms with Gasteiger partial charge in [-0.1, -0.05) is 26.0 Å². The summed E-state index contributed by atoms with van der Waals surface area (Å²) >= 11 is 0. The molecule has 8 nitrogen and oxygen atoms in total. The molecule has 0 aliphatic rings. The number of amides is 1. The highest BCUT2D eigenvalue weighted by atomic mass is 16.6. The Kier molecular flexibility index (Phi) is 7.82. The minimum absolute atomic E-state index is 0.0943. The van der Waals surface area contributed by atoms with E-state index in [1.807, 2.05) is 25.1 Å². The second kappa shape index (κ2) is 10.3. The Morgan fingerprint density at radius 1 is 1.10 bits per heavy atom. The summed E-state index contributed by atoms with van der Waals surface area (Å²) in [6.07, 6.45) is 0. The van der Waals surface area contributed by atoms with Crippen LogP contribution in [0.4, 0.5) is 5.69 Å². The summed E-state index contributed by atoms with van der Waals surface area (Å²) < 4.78 is 16.5. The van der Waals surface area contributed by atoms with Crippen molar-refractivity contribution >= 4 is 11.6 Å². The summed E-state index contributed by atoms with van der Waals surface area (Å²) in [7, 11) is 1.57. The van der Waals surface area contributed by atoms with Gasteiger partial charge in [-0.05, 0) is 36.6 Å². The largest absolute Gasteiger partial charge is 0.493 e. The molecule has 0 saturated carbocycles. The highest BCUT2D eigenvalue weighted by Gasteiger charge is 2.14. The van der Waals surface area contributed by atoms with Crippen LogP contribution in [0.3, 0.4) is 0 Å². The quantitative estimate of drug-likeness (QED) is 0.478. The number of nitro groups is 1. The lowest BCUT2D eigenvalue weighted by Crippen LogP contribution is -2.31. The van der Waals surface area contributed by atoms with Crippen LogP contribution in [0, 0.1) is 16.0 Å². The van der Waals surface area contributed by atoms with Crippen molar-refractivity contribution in [2.24, 2.45) is 5.92 Å². The van der Waals surface area contributed by atoms with E-state index >= 15 is 0 Å². The Balaban J connectivity index is 1.95. The summed E-state index contributed by atoms with van der Waals surface area (Å²) in [5, 5.41) is 13.6. The maximum Gasteiger partial charge on any atom is 0.273 e. The molecule has 1 atom stereocenters. The lowest BCUT2D eigenvalue weighted by Gasteiger charge is -2.18. The van der Waals surface area contributed by atoms with Crippen LogP contribution < -0.4 is 19.5 Å². The van der Waals surface area contributed by atoms with E-state index in [4.69, 9.17) is 14.2 Å². The topological polar surface area (TPSA) is 99.9 Å². The van der Waals surface area contributed by atoms with Crippen LogP contribution in [-0.2, 0) is 4.79 Å². The van der Waals surface area contributed by atoms with E-state index in [1.54, 1.807) is 13.2 Å². The van der Waals surface area contributed by atoms with Crippen molar-refractivity contribution in [3.05, 3.63) is 58.1 Å². The molecule has 2 aromatic carbocycles. The third-order valence-electron chi connectivity index (χ3n) is 4.04. The van der Waals surface area contributed by atoms with Crippen molar-refractivity contribution in [3.63, 3.8) is 0 Å². The van der Waals surface area contributed by atoms with Gasteiger partial charge in [-0.25, -0.2) is 0 Å². The van der Waals surface area contributed by atoms with Gasteiger partial charge in [0.15, 0.2) is 18.1 Å². The fourth-order valence-electron chi connectivity index (χ4n) is 2.53. The summed E-state index contributed by atoms with van der Waals surface area (Å²) in [6, 6.07) is 10.9. The number of carbonyl (C=O) groups is 1. The standard InChI is InChI=1S/C21H26N2O6/c1-14(2)12-29-19-9-8-16(10-20(19)27-4)15(3)22-21(24)13-28-18-7-5-6-17(11-18)23(25)26/h5-11,14-15H,12-13H2,1-4H3,(H,22,24). The molecule has 29 heavy (non-hydrogen) atoms. The molecule has 1 amide bonds. The normalized spacial score (nSPS) is 11.6. The molecule has 2 rings (SSSR count).